The van der Waals surface area contributed by atoms with Crippen LogP contribution in [0.4, 0.5) is 18.9 Å². The summed E-state index contributed by atoms with van der Waals surface area (Å²) in [7, 11) is 1.60. The van der Waals surface area contributed by atoms with Crippen LogP contribution in [0.3, 0.4) is 0 Å². The third-order valence-electron chi connectivity index (χ3n) is 6.94. The van der Waals surface area contributed by atoms with Gasteiger partial charge in [-0.2, -0.15) is 18.3 Å². The number of nitrogens with zero attached hydrogens (tertiary/aromatic N) is 5. The second kappa shape index (κ2) is 10.4. The second-order valence-corrected chi connectivity index (χ2v) is 9.61. The average molecular weight is 582 g/mol. The Balaban J connectivity index is 1.36. The minimum atomic E-state index is -4.80. The molecular weight excluding hydrogens is 559 g/mol. The number of halogens is 3. The maximum absolute atomic E-state index is 14.1. The number of hydrogen-bond donors (Lipinski definition) is 1. The van der Waals surface area contributed by atoms with Gasteiger partial charge in [0.1, 0.15) is 5.75 Å². The summed E-state index contributed by atoms with van der Waals surface area (Å²) in [5.74, 6) is -0.934. The van der Waals surface area contributed by atoms with E-state index in [4.69, 9.17) is 19.3 Å². The van der Waals surface area contributed by atoms with Gasteiger partial charge in [-0.25, -0.2) is 19.4 Å². The summed E-state index contributed by atoms with van der Waals surface area (Å²) >= 11 is 0. The van der Waals surface area contributed by atoms with E-state index in [1.165, 1.54) is 17.0 Å². The number of fused-ring (bicyclic) bond motifs is 2. The van der Waals surface area contributed by atoms with E-state index in [9.17, 15) is 22.8 Å². The van der Waals surface area contributed by atoms with Gasteiger partial charge in [-0.05, 0) is 29.8 Å². The number of carboxylic acid groups (broad SMARTS) is 1. The Hall–Kier alpha value is -4.98. The number of amides is 1. The Morgan fingerprint density at radius 3 is 2.64 bits per heavy atom. The number of carbonyl (C=O) groups is 2. The van der Waals surface area contributed by atoms with Crippen molar-refractivity contribution in [2.75, 3.05) is 25.2 Å². The van der Waals surface area contributed by atoms with Gasteiger partial charge in [0.15, 0.2) is 11.8 Å². The normalized spacial score (nSPS) is 15.9. The minimum Gasteiger partial charge on any atom is -0.493 e. The van der Waals surface area contributed by atoms with E-state index in [2.05, 4.69) is 15.1 Å². The molecule has 4 heterocycles. The van der Waals surface area contributed by atoms with Gasteiger partial charge in [0.25, 0.3) is 5.91 Å². The molecular formula is C28H22F3N5O6. The zero-order valence-corrected chi connectivity index (χ0v) is 22.0. The lowest BCUT2D eigenvalue weighted by Crippen LogP contribution is -2.27. The number of ether oxygens (including phenoxy) is 3. The first-order valence-corrected chi connectivity index (χ1v) is 12.7. The van der Waals surface area contributed by atoms with Crippen LogP contribution in [-0.2, 0) is 23.9 Å². The van der Waals surface area contributed by atoms with Gasteiger partial charge >= 0.3 is 18.2 Å². The second-order valence-electron chi connectivity index (χ2n) is 9.61. The van der Waals surface area contributed by atoms with Crippen LogP contribution in [-0.4, -0.2) is 57.0 Å². The number of anilines is 1. The van der Waals surface area contributed by atoms with Crippen LogP contribution >= 0.6 is 0 Å². The highest BCUT2D eigenvalue weighted by molar-refractivity contribution is 6.06. The van der Waals surface area contributed by atoms with Crippen molar-refractivity contribution in [1.82, 2.24) is 19.7 Å². The highest BCUT2D eigenvalue weighted by Crippen LogP contribution is 2.39. The highest BCUT2D eigenvalue weighted by atomic mass is 19.4. The fourth-order valence-electron chi connectivity index (χ4n) is 4.86. The highest BCUT2D eigenvalue weighted by Gasteiger charge is 2.43. The summed E-state index contributed by atoms with van der Waals surface area (Å²) in [5.41, 5.74) is 0.533. The molecule has 42 heavy (non-hydrogen) atoms. The van der Waals surface area contributed by atoms with Crippen LogP contribution in [0.25, 0.3) is 5.69 Å². The summed E-state index contributed by atoms with van der Waals surface area (Å²) in [6.45, 7) is 0.0501. The van der Waals surface area contributed by atoms with Gasteiger partial charge in [0.05, 0.1) is 36.8 Å². The number of carboxylic acids is 1. The van der Waals surface area contributed by atoms with Crippen LogP contribution in [0.15, 0.2) is 54.9 Å². The van der Waals surface area contributed by atoms with Gasteiger partial charge in [-0.15, -0.1) is 0 Å². The largest absolute Gasteiger partial charge is 0.493 e. The van der Waals surface area contributed by atoms with Gasteiger partial charge in [0.2, 0.25) is 0 Å². The van der Waals surface area contributed by atoms with E-state index < -0.39 is 29.9 Å². The summed E-state index contributed by atoms with van der Waals surface area (Å²) in [6, 6.07) is 11.3. The number of hydrogen-bond acceptors (Lipinski definition) is 8. The number of alkyl halides is 3. The topological polar surface area (TPSA) is 129 Å². The molecule has 0 saturated heterocycles. The monoisotopic (exact) mass is 581 g/mol. The molecule has 4 aromatic rings. The first-order valence-electron chi connectivity index (χ1n) is 12.7. The van der Waals surface area contributed by atoms with E-state index in [1.807, 2.05) is 12.1 Å². The summed E-state index contributed by atoms with van der Waals surface area (Å²) in [6.07, 6.45) is -3.09. The predicted octanol–water partition coefficient (Wildman–Crippen LogP) is 4.24. The van der Waals surface area contributed by atoms with Crippen molar-refractivity contribution in [2.24, 2.45) is 0 Å². The molecule has 11 nitrogen and oxygen atoms in total. The number of rotatable bonds is 6. The molecule has 0 unspecified atom stereocenters. The van der Waals surface area contributed by atoms with Crippen molar-refractivity contribution in [2.45, 2.75) is 25.3 Å². The Labute approximate surface area is 236 Å². The first kappa shape index (κ1) is 27.2. The zero-order valence-electron chi connectivity index (χ0n) is 22.0. The Bertz CT molecular complexity index is 1690. The van der Waals surface area contributed by atoms with Crippen LogP contribution < -0.4 is 14.4 Å². The zero-order chi connectivity index (χ0) is 29.6. The van der Waals surface area contributed by atoms with E-state index in [-0.39, 0.29) is 47.3 Å². The number of carbonyl (C=O) groups excluding carboxylic acids is 1. The Morgan fingerprint density at radius 1 is 1.12 bits per heavy atom. The van der Waals surface area contributed by atoms with Crippen LogP contribution in [0.5, 0.6) is 11.8 Å². The predicted molar refractivity (Wildman–Crippen MR) is 139 cm³/mol. The van der Waals surface area contributed by atoms with E-state index in [0.29, 0.717) is 18.0 Å². The van der Waals surface area contributed by atoms with Crippen molar-refractivity contribution < 1.29 is 42.1 Å². The van der Waals surface area contributed by atoms with Crippen molar-refractivity contribution in [1.29, 1.82) is 0 Å². The van der Waals surface area contributed by atoms with Gasteiger partial charge in [-0.1, -0.05) is 12.1 Å². The van der Waals surface area contributed by atoms with Gasteiger partial charge < -0.3 is 24.2 Å². The smallest absolute Gasteiger partial charge is 0.435 e. The van der Waals surface area contributed by atoms with E-state index >= 15 is 0 Å². The molecule has 6 rings (SSSR count). The van der Waals surface area contributed by atoms with E-state index in [0.717, 1.165) is 29.1 Å². The van der Waals surface area contributed by atoms with Crippen LogP contribution in [0.2, 0.25) is 0 Å². The molecule has 1 atom stereocenters. The van der Waals surface area contributed by atoms with Crippen molar-refractivity contribution in [3.05, 3.63) is 88.5 Å². The molecule has 2 aliphatic rings. The fourth-order valence-corrected chi connectivity index (χ4v) is 4.86. The lowest BCUT2D eigenvalue weighted by Gasteiger charge is -2.25. The standard InChI is InChI=1S/C28H22F3N5O6/c1-35(18-6-5-15-7-8-41-21(15)10-18)25(37)16-3-2-4-19(9-16)36-23-20(24(34-36)28(29,30)31)13-40-14-22(23)42-27-32-11-17(12-33-27)26(38)39/h2-6,9-12,22H,7-8,13-14H2,1H3,(H,38,39)/t22-/m0/s1. The van der Waals surface area contributed by atoms with Crippen LogP contribution in [0, 0.1) is 0 Å². The molecule has 14 heteroatoms. The Kier molecular flexibility index (Phi) is 6.77. The summed E-state index contributed by atoms with van der Waals surface area (Å²) < 4.78 is 60.0. The molecule has 0 aliphatic carbocycles. The average Bonchev–Trinajstić information content (AvgIpc) is 3.62. The van der Waals surface area contributed by atoms with Gasteiger partial charge in [-0.3, -0.25) is 4.79 Å². The molecule has 2 aromatic heterocycles. The Morgan fingerprint density at radius 2 is 1.90 bits per heavy atom. The third kappa shape index (κ3) is 5.00. The number of aromatic nitrogens is 4. The van der Waals surface area contributed by atoms with E-state index in [1.54, 1.807) is 25.2 Å². The molecule has 216 valence electrons. The molecule has 2 aliphatic heterocycles. The molecule has 1 amide bonds. The minimum absolute atomic E-state index is 0.0493. The number of benzene rings is 2. The molecule has 2 aromatic carbocycles. The number of aromatic carboxylic acids is 1. The summed E-state index contributed by atoms with van der Waals surface area (Å²) in [5, 5.41) is 13.0. The quantitative estimate of drug-likeness (QED) is 0.356. The van der Waals surface area contributed by atoms with Crippen molar-refractivity contribution in [3.63, 3.8) is 0 Å². The first-order chi connectivity index (χ1) is 20.1. The third-order valence-corrected chi connectivity index (χ3v) is 6.94. The molecule has 0 saturated carbocycles. The van der Waals surface area contributed by atoms with Crippen molar-refractivity contribution >= 4 is 17.6 Å². The maximum atomic E-state index is 14.1. The SMILES string of the molecule is CN(C(=O)c1cccc(-n2nc(C(F)(F)F)c3c2[C@@H](Oc2ncc(C(=O)O)cn2)COC3)c1)c1ccc2c(c1)OCC2. The molecule has 0 fully saturated rings. The van der Waals surface area contributed by atoms with Crippen molar-refractivity contribution in [3.8, 4) is 17.4 Å². The summed E-state index contributed by atoms with van der Waals surface area (Å²) in [4.78, 5) is 33.7. The molecule has 1 N–H and O–H groups in total. The molecule has 0 spiro atoms. The fraction of sp³-hybridized carbons (Fsp3) is 0.250. The van der Waals surface area contributed by atoms with Crippen LogP contribution in [0.1, 0.15) is 49.3 Å². The van der Waals surface area contributed by atoms with Gasteiger partial charge in [0, 0.05) is 48.7 Å². The maximum Gasteiger partial charge on any atom is 0.435 e. The molecule has 0 bridgehead atoms. The lowest BCUT2D eigenvalue weighted by molar-refractivity contribution is -0.143. The molecule has 0 radical (unpaired) electrons. The lowest BCUT2D eigenvalue weighted by atomic mass is 10.1.